The lowest BCUT2D eigenvalue weighted by Gasteiger charge is -2.10. The van der Waals surface area contributed by atoms with Crippen LogP contribution in [-0.2, 0) is 4.79 Å². The molecule has 0 unspecified atom stereocenters. The molecule has 6 nitrogen and oxygen atoms in total. The number of benzene rings is 1. The number of hydrogen-bond donors (Lipinski definition) is 1. The van der Waals surface area contributed by atoms with Crippen molar-refractivity contribution in [3.05, 3.63) is 24.3 Å². The quantitative estimate of drug-likeness (QED) is 0.819. The van der Waals surface area contributed by atoms with Gasteiger partial charge in [0.2, 0.25) is 5.91 Å². The summed E-state index contributed by atoms with van der Waals surface area (Å²) in [6.07, 6.45) is 4.55. The number of rotatable bonds is 6. The van der Waals surface area contributed by atoms with Gasteiger partial charge in [-0.05, 0) is 25.0 Å². The second-order valence-electron chi connectivity index (χ2n) is 5.41. The maximum atomic E-state index is 11.9. The lowest BCUT2D eigenvalue weighted by atomic mass is 10.2. The van der Waals surface area contributed by atoms with Crippen LogP contribution < -0.4 is 10.1 Å². The molecule has 1 aliphatic rings. The topological polar surface area (TPSA) is 77.2 Å². The molecule has 1 aliphatic carbocycles. The first kappa shape index (κ1) is 15.9. The summed E-state index contributed by atoms with van der Waals surface area (Å²) in [5.74, 6) is 1.36. The number of thioether (sulfide) groups is 1. The van der Waals surface area contributed by atoms with Crippen molar-refractivity contribution in [3.8, 4) is 17.2 Å². The molecule has 0 spiro atoms. The summed E-state index contributed by atoms with van der Waals surface area (Å²) < 4.78 is 10.9. The number of carbonyl (C=O) groups is 1. The zero-order valence-corrected chi connectivity index (χ0v) is 13.8. The molecule has 0 bridgehead atoms. The largest absolute Gasteiger partial charge is 0.496 e. The zero-order chi connectivity index (χ0) is 16.1. The first-order valence-corrected chi connectivity index (χ1v) is 8.64. The van der Waals surface area contributed by atoms with Gasteiger partial charge >= 0.3 is 0 Å². The number of para-hydroxylation sites is 1. The molecule has 1 N–H and O–H groups in total. The molecule has 7 heteroatoms. The van der Waals surface area contributed by atoms with Gasteiger partial charge in [0.25, 0.3) is 11.1 Å². The molecule has 0 saturated heterocycles. The van der Waals surface area contributed by atoms with Gasteiger partial charge in [-0.25, -0.2) is 0 Å². The van der Waals surface area contributed by atoms with Crippen molar-refractivity contribution in [2.24, 2.45) is 0 Å². The molecule has 1 aromatic heterocycles. The highest BCUT2D eigenvalue weighted by molar-refractivity contribution is 7.99. The fourth-order valence-electron chi connectivity index (χ4n) is 2.67. The molecule has 1 amide bonds. The molecule has 2 aromatic rings. The van der Waals surface area contributed by atoms with E-state index in [0.717, 1.165) is 18.4 Å². The van der Waals surface area contributed by atoms with Crippen molar-refractivity contribution < 1.29 is 13.9 Å². The summed E-state index contributed by atoms with van der Waals surface area (Å²) in [5.41, 5.74) is 0.741. The molecule has 0 aliphatic heterocycles. The summed E-state index contributed by atoms with van der Waals surface area (Å²) in [5, 5.41) is 11.4. The summed E-state index contributed by atoms with van der Waals surface area (Å²) in [4.78, 5) is 11.9. The van der Waals surface area contributed by atoms with E-state index in [1.54, 1.807) is 7.11 Å². The maximum absolute atomic E-state index is 11.9. The molecule has 0 atom stereocenters. The average molecular weight is 333 g/mol. The van der Waals surface area contributed by atoms with Crippen LogP contribution in [-0.4, -0.2) is 35.0 Å². The van der Waals surface area contributed by atoms with Crippen molar-refractivity contribution in [1.82, 2.24) is 15.5 Å². The van der Waals surface area contributed by atoms with Crippen LogP contribution in [0.15, 0.2) is 33.9 Å². The maximum Gasteiger partial charge on any atom is 0.277 e. The van der Waals surface area contributed by atoms with Gasteiger partial charge < -0.3 is 14.5 Å². The van der Waals surface area contributed by atoms with E-state index >= 15 is 0 Å². The highest BCUT2D eigenvalue weighted by atomic mass is 32.2. The molecule has 1 saturated carbocycles. The highest BCUT2D eigenvalue weighted by Gasteiger charge is 2.18. The van der Waals surface area contributed by atoms with Crippen LogP contribution in [0, 0.1) is 0 Å². The Balaban J connectivity index is 1.58. The Hall–Kier alpha value is -2.02. The van der Waals surface area contributed by atoms with Crippen LogP contribution in [0.1, 0.15) is 25.7 Å². The normalized spacial score (nSPS) is 14.8. The third-order valence-corrected chi connectivity index (χ3v) is 4.61. The predicted octanol–water partition coefficient (Wildman–Crippen LogP) is 2.90. The number of amides is 1. The van der Waals surface area contributed by atoms with E-state index in [2.05, 4.69) is 15.5 Å². The molecule has 3 rings (SSSR count). The van der Waals surface area contributed by atoms with Gasteiger partial charge in [0.05, 0.1) is 18.4 Å². The minimum absolute atomic E-state index is 0.0129. The third-order valence-electron chi connectivity index (χ3n) is 3.79. The number of hydrogen-bond acceptors (Lipinski definition) is 6. The van der Waals surface area contributed by atoms with Gasteiger partial charge in [0.1, 0.15) is 5.75 Å². The Morgan fingerprint density at radius 2 is 2.13 bits per heavy atom. The lowest BCUT2D eigenvalue weighted by Crippen LogP contribution is -2.33. The van der Waals surface area contributed by atoms with E-state index < -0.39 is 0 Å². The number of carbonyl (C=O) groups excluding carboxylic acids is 1. The second kappa shape index (κ2) is 7.50. The van der Waals surface area contributed by atoms with E-state index in [9.17, 15) is 4.79 Å². The van der Waals surface area contributed by atoms with Crippen LogP contribution in [0.2, 0.25) is 0 Å². The Morgan fingerprint density at radius 1 is 1.35 bits per heavy atom. The smallest absolute Gasteiger partial charge is 0.277 e. The predicted molar refractivity (Wildman–Crippen MR) is 87.4 cm³/mol. The highest BCUT2D eigenvalue weighted by Crippen LogP contribution is 2.30. The van der Waals surface area contributed by atoms with Gasteiger partial charge in [-0.3, -0.25) is 4.79 Å². The standard InChI is InChI=1S/C16H19N3O3S/c1-21-13-9-5-4-8-12(13)15-18-19-16(22-15)23-10-14(20)17-11-6-2-3-7-11/h4-5,8-9,11H,2-3,6-7,10H2,1H3,(H,17,20). The molecular weight excluding hydrogens is 314 g/mol. The average Bonchev–Trinajstić information content (AvgIpc) is 3.24. The summed E-state index contributed by atoms with van der Waals surface area (Å²) >= 11 is 1.25. The molecule has 1 heterocycles. The van der Waals surface area contributed by atoms with Gasteiger partial charge in [-0.1, -0.05) is 36.7 Å². The van der Waals surface area contributed by atoms with E-state index in [0.29, 0.717) is 22.9 Å². The molecule has 0 radical (unpaired) electrons. The van der Waals surface area contributed by atoms with Gasteiger partial charge in [-0.2, -0.15) is 0 Å². The molecule has 1 aromatic carbocycles. The number of ether oxygens (including phenoxy) is 1. The molecule has 23 heavy (non-hydrogen) atoms. The number of aromatic nitrogens is 2. The lowest BCUT2D eigenvalue weighted by molar-refractivity contribution is -0.119. The summed E-state index contributed by atoms with van der Waals surface area (Å²) in [6.45, 7) is 0. The fourth-order valence-corrected chi connectivity index (χ4v) is 3.24. The van der Waals surface area contributed by atoms with Crippen molar-refractivity contribution in [2.45, 2.75) is 36.9 Å². The van der Waals surface area contributed by atoms with Gasteiger partial charge in [0.15, 0.2) is 0 Å². The SMILES string of the molecule is COc1ccccc1-c1nnc(SCC(=O)NC2CCCC2)o1. The van der Waals surface area contributed by atoms with Crippen molar-refractivity contribution >= 4 is 17.7 Å². The zero-order valence-electron chi connectivity index (χ0n) is 12.9. The summed E-state index contributed by atoms with van der Waals surface area (Å²) in [7, 11) is 1.60. The van der Waals surface area contributed by atoms with Gasteiger partial charge in [0, 0.05) is 6.04 Å². The van der Waals surface area contributed by atoms with E-state index in [4.69, 9.17) is 9.15 Å². The minimum Gasteiger partial charge on any atom is -0.496 e. The molecule has 1 fully saturated rings. The van der Waals surface area contributed by atoms with Gasteiger partial charge in [-0.15, -0.1) is 10.2 Å². The van der Waals surface area contributed by atoms with Crippen LogP contribution in [0.5, 0.6) is 5.75 Å². The van der Waals surface area contributed by atoms with Crippen molar-refractivity contribution in [2.75, 3.05) is 12.9 Å². The van der Waals surface area contributed by atoms with E-state index in [1.807, 2.05) is 24.3 Å². The van der Waals surface area contributed by atoms with Crippen LogP contribution in [0.4, 0.5) is 0 Å². The number of nitrogens with zero attached hydrogens (tertiary/aromatic N) is 2. The number of methoxy groups -OCH3 is 1. The van der Waals surface area contributed by atoms with Crippen molar-refractivity contribution in [3.63, 3.8) is 0 Å². The second-order valence-corrected chi connectivity index (χ2v) is 6.34. The molecular formula is C16H19N3O3S. The van der Waals surface area contributed by atoms with E-state index in [-0.39, 0.29) is 11.7 Å². The number of nitrogens with one attached hydrogen (secondary N) is 1. The van der Waals surface area contributed by atoms with Crippen molar-refractivity contribution in [1.29, 1.82) is 0 Å². The Labute approximate surface area is 139 Å². The third kappa shape index (κ3) is 4.04. The first-order valence-electron chi connectivity index (χ1n) is 7.65. The minimum atomic E-state index is 0.0129. The Bertz CT molecular complexity index is 668. The molecule has 122 valence electrons. The summed E-state index contributed by atoms with van der Waals surface area (Å²) in [6, 6.07) is 7.77. The fraction of sp³-hybridized carbons (Fsp3) is 0.438. The Kier molecular flexibility index (Phi) is 5.17. The Morgan fingerprint density at radius 3 is 2.91 bits per heavy atom. The van der Waals surface area contributed by atoms with Crippen LogP contribution >= 0.6 is 11.8 Å². The first-order chi connectivity index (χ1) is 11.3. The van der Waals surface area contributed by atoms with Crippen LogP contribution in [0.25, 0.3) is 11.5 Å². The monoisotopic (exact) mass is 333 g/mol. The van der Waals surface area contributed by atoms with Crippen LogP contribution in [0.3, 0.4) is 0 Å². The van der Waals surface area contributed by atoms with E-state index in [1.165, 1.54) is 24.6 Å².